The summed E-state index contributed by atoms with van der Waals surface area (Å²) in [5.41, 5.74) is 2.23. The summed E-state index contributed by atoms with van der Waals surface area (Å²) in [6.07, 6.45) is 0.608. The van der Waals surface area contributed by atoms with Crippen LogP contribution in [0.5, 0.6) is 0 Å². The van der Waals surface area contributed by atoms with Crippen molar-refractivity contribution in [2.45, 2.75) is 19.4 Å². The number of imide groups is 1. The highest BCUT2D eigenvalue weighted by Gasteiger charge is 2.36. The fraction of sp³-hybridized carbons (Fsp3) is 0.318. The number of nitrogens with zero attached hydrogens (tertiary/aromatic N) is 2. The number of benzene rings is 2. The Bertz CT molecular complexity index is 932. The van der Waals surface area contributed by atoms with Crippen molar-refractivity contribution in [3.8, 4) is 0 Å². The Morgan fingerprint density at radius 2 is 1.79 bits per heavy atom. The molecule has 4 rings (SSSR count). The molecule has 0 bridgehead atoms. The second kappa shape index (κ2) is 8.76. The molecule has 2 aliphatic heterocycles. The molecule has 3 amide bonds. The summed E-state index contributed by atoms with van der Waals surface area (Å²) in [5, 5.41) is 3.31. The lowest BCUT2D eigenvalue weighted by Gasteiger charge is -2.32. The molecule has 0 spiro atoms. The summed E-state index contributed by atoms with van der Waals surface area (Å²) < 4.78 is 0. The van der Waals surface area contributed by atoms with Gasteiger partial charge in [-0.2, -0.15) is 0 Å². The van der Waals surface area contributed by atoms with Gasteiger partial charge in [0.15, 0.2) is 0 Å². The van der Waals surface area contributed by atoms with E-state index >= 15 is 0 Å². The highest BCUT2D eigenvalue weighted by Crippen LogP contribution is 2.25. The molecule has 7 heteroatoms. The van der Waals surface area contributed by atoms with Gasteiger partial charge < -0.3 is 10.2 Å². The molecule has 1 unspecified atom stereocenters. The first-order valence-corrected chi connectivity index (χ1v) is 9.61. The maximum Gasteiger partial charge on any atom is 0.261 e. The van der Waals surface area contributed by atoms with Crippen LogP contribution in [-0.2, 0) is 6.42 Å². The summed E-state index contributed by atoms with van der Waals surface area (Å²) in [6, 6.07) is 14.8. The molecule has 1 atom stereocenters. The van der Waals surface area contributed by atoms with Crippen molar-refractivity contribution in [3.63, 3.8) is 0 Å². The predicted molar refractivity (Wildman–Crippen MR) is 113 cm³/mol. The summed E-state index contributed by atoms with van der Waals surface area (Å²) in [6.45, 7) is 4.38. The molecule has 0 aliphatic carbocycles. The molecule has 152 valence electrons. The Kier molecular flexibility index (Phi) is 6.35. The number of nitrogens with one attached hydrogen (secondary N) is 1. The summed E-state index contributed by atoms with van der Waals surface area (Å²) in [5.74, 6) is -0.705. The average molecular weight is 414 g/mol. The first-order chi connectivity index (χ1) is 13.5. The quantitative estimate of drug-likeness (QED) is 0.781. The number of hydrogen-bond acceptors (Lipinski definition) is 4. The highest BCUT2D eigenvalue weighted by molar-refractivity contribution is 6.22. The van der Waals surface area contributed by atoms with Crippen LogP contribution in [0, 0.1) is 0 Å². The lowest BCUT2D eigenvalue weighted by atomic mass is 10.0. The van der Waals surface area contributed by atoms with Gasteiger partial charge in [0, 0.05) is 37.8 Å². The predicted octanol–water partition coefficient (Wildman–Crippen LogP) is 2.38. The van der Waals surface area contributed by atoms with Gasteiger partial charge in [-0.25, -0.2) is 0 Å². The van der Waals surface area contributed by atoms with E-state index in [1.165, 1.54) is 4.90 Å². The Morgan fingerprint density at radius 3 is 2.52 bits per heavy atom. The van der Waals surface area contributed by atoms with Crippen molar-refractivity contribution in [1.82, 2.24) is 15.1 Å². The van der Waals surface area contributed by atoms with E-state index in [0.717, 1.165) is 12.1 Å². The smallest absolute Gasteiger partial charge is 0.261 e. The lowest BCUT2D eigenvalue weighted by Crippen LogP contribution is -2.51. The first kappa shape index (κ1) is 21.0. The van der Waals surface area contributed by atoms with E-state index in [9.17, 15) is 14.4 Å². The topological polar surface area (TPSA) is 69.7 Å². The number of carbonyl (C=O) groups excluding carboxylic acids is 3. The van der Waals surface area contributed by atoms with Crippen LogP contribution in [-0.4, -0.2) is 59.7 Å². The lowest BCUT2D eigenvalue weighted by molar-refractivity contribution is 0.0655. The Morgan fingerprint density at radius 1 is 1.07 bits per heavy atom. The van der Waals surface area contributed by atoms with Crippen LogP contribution in [0.15, 0.2) is 48.5 Å². The number of halogens is 1. The van der Waals surface area contributed by atoms with E-state index < -0.39 is 0 Å². The SMILES string of the molecule is CC1CN(C(=O)c2ccc3c(c2)C(=O)N(CCc2ccccc2)C3=O)CCN1.Cl. The van der Waals surface area contributed by atoms with Gasteiger partial charge >= 0.3 is 0 Å². The van der Waals surface area contributed by atoms with Crippen LogP contribution in [0.25, 0.3) is 0 Å². The highest BCUT2D eigenvalue weighted by atomic mass is 35.5. The minimum atomic E-state index is -0.320. The van der Waals surface area contributed by atoms with E-state index in [0.29, 0.717) is 42.7 Å². The van der Waals surface area contributed by atoms with Crippen molar-refractivity contribution < 1.29 is 14.4 Å². The van der Waals surface area contributed by atoms with E-state index in [-0.39, 0.29) is 36.2 Å². The molecular weight excluding hydrogens is 390 g/mol. The Balaban J connectivity index is 0.00000240. The van der Waals surface area contributed by atoms with E-state index in [2.05, 4.69) is 5.32 Å². The fourth-order valence-corrected chi connectivity index (χ4v) is 3.81. The number of piperazine rings is 1. The van der Waals surface area contributed by atoms with Crippen LogP contribution in [0.4, 0.5) is 0 Å². The van der Waals surface area contributed by atoms with Crippen molar-refractivity contribution in [2.75, 3.05) is 26.2 Å². The van der Waals surface area contributed by atoms with Gasteiger partial charge in [0.05, 0.1) is 11.1 Å². The van der Waals surface area contributed by atoms with Crippen LogP contribution in [0.3, 0.4) is 0 Å². The minimum absolute atomic E-state index is 0. The zero-order valence-electron chi connectivity index (χ0n) is 16.3. The van der Waals surface area contributed by atoms with Crippen LogP contribution in [0.2, 0.25) is 0 Å². The number of fused-ring (bicyclic) bond motifs is 1. The molecule has 2 heterocycles. The largest absolute Gasteiger partial charge is 0.336 e. The van der Waals surface area contributed by atoms with E-state index in [4.69, 9.17) is 0 Å². The third-order valence-electron chi connectivity index (χ3n) is 5.34. The monoisotopic (exact) mass is 413 g/mol. The normalized spacial score (nSPS) is 18.4. The molecule has 29 heavy (non-hydrogen) atoms. The molecule has 2 aromatic carbocycles. The zero-order valence-corrected chi connectivity index (χ0v) is 17.1. The van der Waals surface area contributed by atoms with E-state index in [1.54, 1.807) is 23.1 Å². The zero-order chi connectivity index (χ0) is 19.7. The van der Waals surface area contributed by atoms with Crippen molar-refractivity contribution in [2.24, 2.45) is 0 Å². The van der Waals surface area contributed by atoms with Crippen LogP contribution < -0.4 is 5.32 Å². The molecule has 0 aromatic heterocycles. The van der Waals surface area contributed by atoms with Crippen LogP contribution in [0.1, 0.15) is 43.6 Å². The third-order valence-corrected chi connectivity index (χ3v) is 5.34. The average Bonchev–Trinajstić information content (AvgIpc) is 2.96. The van der Waals surface area contributed by atoms with Crippen molar-refractivity contribution >= 4 is 30.1 Å². The van der Waals surface area contributed by atoms with Crippen molar-refractivity contribution in [3.05, 3.63) is 70.8 Å². The molecule has 0 saturated carbocycles. The van der Waals surface area contributed by atoms with Crippen molar-refractivity contribution in [1.29, 1.82) is 0 Å². The number of rotatable bonds is 4. The van der Waals surface area contributed by atoms with Gasteiger partial charge in [0.1, 0.15) is 0 Å². The molecule has 1 N–H and O–H groups in total. The van der Waals surface area contributed by atoms with Gasteiger partial charge in [-0.15, -0.1) is 12.4 Å². The number of hydrogen-bond donors (Lipinski definition) is 1. The van der Waals surface area contributed by atoms with Gasteiger partial charge in [-0.3, -0.25) is 19.3 Å². The van der Waals surface area contributed by atoms with Gasteiger partial charge in [0.25, 0.3) is 17.7 Å². The minimum Gasteiger partial charge on any atom is -0.336 e. The van der Waals surface area contributed by atoms with Crippen LogP contribution >= 0.6 is 12.4 Å². The standard InChI is InChI=1S/C22H23N3O3.ClH/c1-15-14-24(12-10-23-15)20(26)17-7-8-18-19(13-17)22(28)25(21(18)27)11-9-16-5-3-2-4-6-16;/h2-8,13,15,23H,9-12,14H2,1H3;1H. The van der Waals surface area contributed by atoms with Gasteiger partial charge in [-0.1, -0.05) is 30.3 Å². The maximum absolute atomic E-state index is 12.8. The third kappa shape index (κ3) is 4.18. The molecule has 2 aliphatic rings. The molecule has 1 fully saturated rings. The maximum atomic E-state index is 12.8. The first-order valence-electron chi connectivity index (χ1n) is 9.61. The second-order valence-corrected chi connectivity index (χ2v) is 7.36. The molecule has 2 aromatic rings. The van der Waals surface area contributed by atoms with Gasteiger partial charge in [0.2, 0.25) is 0 Å². The summed E-state index contributed by atoms with van der Waals surface area (Å²) in [7, 11) is 0. The Labute approximate surface area is 176 Å². The molecule has 6 nitrogen and oxygen atoms in total. The van der Waals surface area contributed by atoms with Gasteiger partial charge in [-0.05, 0) is 37.1 Å². The fourth-order valence-electron chi connectivity index (χ4n) is 3.81. The van der Waals surface area contributed by atoms with E-state index in [1.807, 2.05) is 37.3 Å². The number of carbonyl (C=O) groups is 3. The Hall–Kier alpha value is -2.70. The summed E-state index contributed by atoms with van der Waals surface area (Å²) in [4.78, 5) is 41.3. The molecular formula is C22H24ClN3O3. The second-order valence-electron chi connectivity index (χ2n) is 7.36. The number of amides is 3. The molecule has 1 saturated heterocycles. The summed E-state index contributed by atoms with van der Waals surface area (Å²) >= 11 is 0. The molecule has 0 radical (unpaired) electrons.